The lowest BCUT2D eigenvalue weighted by molar-refractivity contribution is -0.130. The third-order valence-corrected chi connectivity index (χ3v) is 6.28. The first-order chi connectivity index (χ1) is 15.0. The molecule has 4 rings (SSSR count). The molecule has 1 aliphatic rings. The number of aliphatic hydroxyl groups excluding tert-OH is 1. The second-order valence-corrected chi connectivity index (χ2v) is 8.04. The number of hydrogen-bond acceptors (Lipinski definition) is 7. The van der Waals surface area contributed by atoms with Crippen molar-refractivity contribution in [3.8, 4) is 10.6 Å². The predicted molar refractivity (Wildman–Crippen MR) is 117 cm³/mol. The van der Waals surface area contributed by atoms with E-state index in [9.17, 15) is 14.7 Å². The smallest absolute Gasteiger partial charge is 0.290 e. The molecule has 0 bridgehead atoms. The highest BCUT2D eigenvalue weighted by Gasteiger charge is 2.45. The lowest BCUT2D eigenvalue weighted by Crippen LogP contribution is -2.34. The molecule has 31 heavy (non-hydrogen) atoms. The van der Waals surface area contributed by atoms with Gasteiger partial charge in [0.15, 0.2) is 5.76 Å². The summed E-state index contributed by atoms with van der Waals surface area (Å²) < 4.78 is 5.12. The van der Waals surface area contributed by atoms with Crippen LogP contribution in [-0.2, 0) is 9.53 Å². The number of ether oxygens (including phenoxy) is 1. The number of aliphatic hydroxyl groups is 1. The fourth-order valence-electron chi connectivity index (χ4n) is 3.58. The number of benzene rings is 1. The average Bonchev–Trinajstić information content (AvgIpc) is 3.31. The number of rotatable bonds is 7. The summed E-state index contributed by atoms with van der Waals surface area (Å²) in [6, 6.07) is 14.0. The summed E-state index contributed by atoms with van der Waals surface area (Å²) in [5.74, 6) is -1.58. The maximum Gasteiger partial charge on any atom is 0.290 e. The number of thiazole rings is 1. The van der Waals surface area contributed by atoms with Crippen LogP contribution in [0.4, 0.5) is 0 Å². The van der Waals surface area contributed by atoms with Gasteiger partial charge in [0.05, 0.1) is 28.4 Å². The number of Topliss-reactive ketones (excluding diaryl/α,β-unsaturated/α-hetero) is 1. The van der Waals surface area contributed by atoms with E-state index in [4.69, 9.17) is 4.74 Å². The lowest BCUT2D eigenvalue weighted by atomic mass is 9.98. The molecular weight excluding hydrogens is 414 g/mol. The molecule has 0 fully saturated rings. The highest BCUT2D eigenvalue weighted by atomic mass is 32.1. The first-order valence-corrected chi connectivity index (χ1v) is 10.6. The van der Waals surface area contributed by atoms with Gasteiger partial charge in [-0.2, -0.15) is 0 Å². The first-order valence-electron chi connectivity index (χ1n) is 9.74. The Labute approximate surface area is 183 Å². The second-order valence-electron chi connectivity index (χ2n) is 7.04. The normalized spacial score (nSPS) is 16.3. The van der Waals surface area contributed by atoms with E-state index in [2.05, 4.69) is 9.97 Å². The molecule has 7 nitrogen and oxygen atoms in total. The molecule has 0 aliphatic carbocycles. The third-order valence-electron chi connectivity index (χ3n) is 5.08. The minimum atomic E-state index is -0.793. The second kappa shape index (κ2) is 8.79. The molecule has 2 aromatic heterocycles. The van der Waals surface area contributed by atoms with E-state index >= 15 is 0 Å². The fourth-order valence-corrected chi connectivity index (χ4v) is 4.61. The molecule has 158 valence electrons. The number of carbonyl (C=O) groups is 2. The molecule has 1 N–H and O–H groups in total. The van der Waals surface area contributed by atoms with Crippen molar-refractivity contribution in [1.82, 2.24) is 14.9 Å². The number of nitrogens with zero attached hydrogens (tertiary/aromatic N) is 3. The highest BCUT2D eigenvalue weighted by molar-refractivity contribution is 7.17. The van der Waals surface area contributed by atoms with Gasteiger partial charge in [0, 0.05) is 25.4 Å². The number of carbonyl (C=O) groups excluding carboxylic acids is 2. The number of ketones is 1. The van der Waals surface area contributed by atoms with E-state index in [0.29, 0.717) is 21.3 Å². The molecular formula is C23H21N3O4S. The van der Waals surface area contributed by atoms with Crippen LogP contribution in [0.1, 0.15) is 27.1 Å². The number of amides is 1. The lowest BCUT2D eigenvalue weighted by Gasteiger charge is -2.25. The van der Waals surface area contributed by atoms with Crippen LogP contribution in [0.15, 0.2) is 66.1 Å². The molecule has 0 spiro atoms. The van der Waals surface area contributed by atoms with E-state index in [1.807, 2.05) is 30.3 Å². The molecule has 0 saturated carbocycles. The van der Waals surface area contributed by atoms with Gasteiger partial charge in [0.1, 0.15) is 11.0 Å². The number of hydrogen-bond donors (Lipinski definition) is 1. The molecule has 1 atom stereocenters. The van der Waals surface area contributed by atoms with Crippen molar-refractivity contribution in [1.29, 1.82) is 0 Å². The van der Waals surface area contributed by atoms with Crippen LogP contribution >= 0.6 is 11.3 Å². The van der Waals surface area contributed by atoms with Crippen molar-refractivity contribution in [3.05, 3.63) is 82.3 Å². The molecule has 1 amide bonds. The van der Waals surface area contributed by atoms with Gasteiger partial charge in [-0.15, -0.1) is 11.3 Å². The molecule has 1 aliphatic heterocycles. The molecule has 0 radical (unpaired) electrons. The van der Waals surface area contributed by atoms with Gasteiger partial charge >= 0.3 is 0 Å². The Balaban J connectivity index is 1.77. The summed E-state index contributed by atoms with van der Waals surface area (Å²) in [4.78, 5) is 37.1. The van der Waals surface area contributed by atoms with E-state index in [-0.39, 0.29) is 18.7 Å². The van der Waals surface area contributed by atoms with Gasteiger partial charge < -0.3 is 14.7 Å². The molecule has 3 aromatic rings. The van der Waals surface area contributed by atoms with Crippen molar-refractivity contribution >= 4 is 23.0 Å². The zero-order valence-electron chi connectivity index (χ0n) is 17.1. The maximum absolute atomic E-state index is 13.6. The topological polar surface area (TPSA) is 92.6 Å². The Bertz CT molecular complexity index is 1140. The first kappa shape index (κ1) is 20.9. The van der Waals surface area contributed by atoms with E-state index < -0.39 is 23.5 Å². The van der Waals surface area contributed by atoms with Gasteiger partial charge in [-0.05, 0) is 19.1 Å². The number of pyridine rings is 1. The van der Waals surface area contributed by atoms with Crippen LogP contribution in [0.5, 0.6) is 0 Å². The van der Waals surface area contributed by atoms with Crippen molar-refractivity contribution in [2.75, 3.05) is 20.3 Å². The summed E-state index contributed by atoms with van der Waals surface area (Å²) in [5.41, 5.74) is 1.98. The molecule has 1 aromatic carbocycles. The number of methoxy groups -OCH3 is 1. The van der Waals surface area contributed by atoms with E-state index in [1.165, 1.54) is 23.3 Å². The van der Waals surface area contributed by atoms with E-state index in [0.717, 1.165) is 5.56 Å². The summed E-state index contributed by atoms with van der Waals surface area (Å²) >= 11 is 1.25. The Morgan fingerprint density at radius 2 is 1.94 bits per heavy atom. The Morgan fingerprint density at radius 3 is 2.61 bits per heavy atom. The monoisotopic (exact) mass is 435 g/mol. The van der Waals surface area contributed by atoms with Crippen molar-refractivity contribution in [2.24, 2.45) is 0 Å². The van der Waals surface area contributed by atoms with Gasteiger partial charge in [0.2, 0.25) is 5.78 Å². The quantitative estimate of drug-likeness (QED) is 0.569. The Morgan fingerprint density at radius 1 is 1.19 bits per heavy atom. The molecule has 8 heteroatoms. The fraction of sp³-hybridized carbons (Fsp3) is 0.217. The number of aromatic nitrogens is 2. The summed E-state index contributed by atoms with van der Waals surface area (Å²) in [6.45, 7) is 2.24. The van der Waals surface area contributed by atoms with Gasteiger partial charge in [-0.1, -0.05) is 36.4 Å². The van der Waals surface area contributed by atoms with Crippen LogP contribution in [0, 0.1) is 6.92 Å². The van der Waals surface area contributed by atoms with Crippen LogP contribution in [0.25, 0.3) is 10.6 Å². The van der Waals surface area contributed by atoms with Crippen LogP contribution in [-0.4, -0.2) is 51.9 Å². The zero-order chi connectivity index (χ0) is 22.0. The zero-order valence-corrected chi connectivity index (χ0v) is 17.9. The van der Waals surface area contributed by atoms with Gasteiger partial charge in [0.25, 0.3) is 5.91 Å². The van der Waals surface area contributed by atoms with E-state index in [1.54, 1.807) is 31.3 Å². The summed E-state index contributed by atoms with van der Waals surface area (Å²) in [5, 5.41) is 11.4. The SMILES string of the molecule is COCCN1C(=O)C(O)=C(C(=O)c2sc(-c3ccccc3)nc2C)C1c1ccccn1. The minimum Gasteiger partial charge on any atom is -0.503 e. The minimum absolute atomic E-state index is 0.0196. The van der Waals surface area contributed by atoms with Crippen LogP contribution in [0.2, 0.25) is 0 Å². The predicted octanol–water partition coefficient (Wildman–Crippen LogP) is 3.74. The number of aryl methyl sites for hydroxylation is 1. The summed E-state index contributed by atoms with van der Waals surface area (Å²) in [6.07, 6.45) is 1.59. The average molecular weight is 436 g/mol. The van der Waals surface area contributed by atoms with Crippen LogP contribution < -0.4 is 0 Å². The van der Waals surface area contributed by atoms with Crippen LogP contribution in [0.3, 0.4) is 0 Å². The summed E-state index contributed by atoms with van der Waals surface area (Å²) in [7, 11) is 1.53. The highest BCUT2D eigenvalue weighted by Crippen LogP contribution is 2.40. The maximum atomic E-state index is 13.6. The van der Waals surface area contributed by atoms with Gasteiger partial charge in [-0.3, -0.25) is 14.6 Å². The standard InChI is InChI=1S/C23H21N3O4S/c1-14-21(31-22(25-14)15-8-4-3-5-9-15)19(27)17-18(16-10-6-7-11-24-16)26(12-13-30-2)23(29)20(17)28/h3-11,18,28H,12-13H2,1-2H3. The molecule has 3 heterocycles. The molecule has 0 saturated heterocycles. The largest absolute Gasteiger partial charge is 0.503 e. The third kappa shape index (κ3) is 3.87. The molecule has 1 unspecified atom stereocenters. The Hall–Kier alpha value is -3.36. The van der Waals surface area contributed by atoms with Gasteiger partial charge in [-0.25, -0.2) is 4.98 Å². The van der Waals surface area contributed by atoms with Crippen molar-refractivity contribution < 1.29 is 19.4 Å². The van der Waals surface area contributed by atoms with Crippen molar-refractivity contribution in [2.45, 2.75) is 13.0 Å². The van der Waals surface area contributed by atoms with Crippen molar-refractivity contribution in [3.63, 3.8) is 0 Å². The Kier molecular flexibility index (Phi) is 5.92.